The van der Waals surface area contributed by atoms with E-state index in [2.05, 4.69) is 0 Å². The van der Waals surface area contributed by atoms with Crippen molar-refractivity contribution >= 4 is 46.6 Å². The normalized spacial score (nSPS) is 13.6. The zero-order chi connectivity index (χ0) is 12.7. The highest BCUT2D eigenvalue weighted by Gasteiger charge is 2.20. The number of alkyl halides is 3. The van der Waals surface area contributed by atoms with Crippen LogP contribution in [0.25, 0.3) is 0 Å². The largest absolute Gasteiger partial charge is 0.390 e. The van der Waals surface area contributed by atoms with Crippen LogP contribution in [0.2, 0.25) is 0 Å². The Hall–Kier alpha value is 0.360. The van der Waals surface area contributed by atoms with Gasteiger partial charge in [-0.05, 0) is 12.1 Å². The molecule has 0 aliphatic heterocycles. The van der Waals surface area contributed by atoms with E-state index in [0.717, 1.165) is 4.90 Å². The lowest BCUT2D eigenvalue weighted by molar-refractivity contribution is 0.0510. The molecule has 17 heavy (non-hydrogen) atoms. The Labute approximate surface area is 120 Å². The number of aliphatic hydroxyl groups excluding tert-OH is 1. The second-order valence-electron chi connectivity index (χ2n) is 3.41. The third kappa shape index (κ3) is 8.14. The molecule has 1 atom stereocenters. The molecule has 0 aromatic heterocycles. The molecule has 0 aliphatic carbocycles. The van der Waals surface area contributed by atoms with E-state index in [4.69, 9.17) is 39.5 Å². The number of aliphatic hydroxyl groups is 1. The Bertz CT molecular complexity index is 316. The van der Waals surface area contributed by atoms with Crippen molar-refractivity contribution in [3.8, 4) is 0 Å². The van der Waals surface area contributed by atoms with E-state index < -0.39 is 9.90 Å². The van der Waals surface area contributed by atoms with Gasteiger partial charge in [0.25, 0.3) is 0 Å². The number of benzene rings is 1. The quantitative estimate of drug-likeness (QED) is 0.643. The molecule has 0 saturated heterocycles. The maximum atomic E-state index is 9.63. The topological polar surface area (TPSA) is 29.5 Å². The van der Waals surface area contributed by atoms with E-state index in [1.807, 2.05) is 30.3 Å². The molecule has 1 aromatic carbocycles. The summed E-state index contributed by atoms with van der Waals surface area (Å²) in [5, 5.41) is 9.63. The fourth-order valence-corrected chi connectivity index (χ4v) is 2.13. The van der Waals surface area contributed by atoms with Crippen molar-refractivity contribution < 1.29 is 9.84 Å². The predicted molar refractivity (Wildman–Crippen MR) is 74.3 cm³/mol. The van der Waals surface area contributed by atoms with Crippen LogP contribution in [0.5, 0.6) is 0 Å². The summed E-state index contributed by atoms with van der Waals surface area (Å²) >= 11 is 18.1. The Morgan fingerprint density at radius 3 is 2.47 bits per heavy atom. The summed E-state index contributed by atoms with van der Waals surface area (Å²) in [4.78, 5) is 1.10. The smallest absolute Gasteiger partial charge is 0.213 e. The summed E-state index contributed by atoms with van der Waals surface area (Å²) in [6.45, 7) is 0.137. The van der Waals surface area contributed by atoms with Crippen molar-refractivity contribution in [2.45, 2.75) is 14.8 Å². The van der Waals surface area contributed by atoms with E-state index >= 15 is 0 Å². The van der Waals surface area contributed by atoms with E-state index in [9.17, 15) is 5.11 Å². The third-order valence-corrected chi connectivity index (χ3v) is 3.25. The molecule has 6 heteroatoms. The molecule has 0 heterocycles. The maximum absolute atomic E-state index is 9.63. The molecule has 0 amide bonds. The molecule has 1 aromatic rings. The molecule has 0 bridgehead atoms. The summed E-state index contributed by atoms with van der Waals surface area (Å²) in [7, 11) is 0. The fourth-order valence-electron chi connectivity index (χ4n) is 1.07. The van der Waals surface area contributed by atoms with Gasteiger partial charge in [-0.25, -0.2) is 0 Å². The Morgan fingerprint density at radius 1 is 1.24 bits per heavy atom. The number of thioether (sulfide) groups is 1. The number of hydrogen-bond acceptors (Lipinski definition) is 3. The maximum Gasteiger partial charge on any atom is 0.213 e. The van der Waals surface area contributed by atoms with Crippen molar-refractivity contribution in [3.05, 3.63) is 30.3 Å². The lowest BCUT2D eigenvalue weighted by Crippen LogP contribution is -2.22. The molecular formula is C11H13Cl3O2S. The minimum absolute atomic E-state index is 0.0231. The zero-order valence-electron chi connectivity index (χ0n) is 8.98. The molecule has 0 aliphatic rings. The molecule has 96 valence electrons. The lowest BCUT2D eigenvalue weighted by atomic mass is 10.4. The molecule has 0 radical (unpaired) electrons. The minimum Gasteiger partial charge on any atom is -0.390 e. The molecular weight excluding hydrogens is 303 g/mol. The monoisotopic (exact) mass is 314 g/mol. The first-order chi connectivity index (χ1) is 7.97. The van der Waals surface area contributed by atoms with E-state index in [-0.39, 0.29) is 13.2 Å². The number of halogens is 3. The number of rotatable bonds is 6. The van der Waals surface area contributed by atoms with Crippen LogP contribution in [-0.4, -0.2) is 34.0 Å². The van der Waals surface area contributed by atoms with E-state index in [1.54, 1.807) is 11.8 Å². The fraction of sp³-hybridized carbons (Fsp3) is 0.455. The summed E-state index contributed by atoms with van der Waals surface area (Å²) < 4.78 is 3.66. The lowest BCUT2D eigenvalue weighted by Gasteiger charge is -2.14. The van der Waals surface area contributed by atoms with Gasteiger partial charge in [0.1, 0.15) is 0 Å². The molecule has 1 rings (SSSR count). The second-order valence-corrected chi connectivity index (χ2v) is 7.02. The van der Waals surface area contributed by atoms with Gasteiger partial charge in [-0.3, -0.25) is 0 Å². The highest BCUT2D eigenvalue weighted by atomic mass is 35.6. The minimum atomic E-state index is -1.42. The second kappa shape index (κ2) is 7.72. The van der Waals surface area contributed by atoms with Gasteiger partial charge in [-0.15, -0.1) is 11.8 Å². The third-order valence-electron chi connectivity index (χ3n) is 1.76. The molecule has 1 unspecified atom stereocenters. The average molecular weight is 316 g/mol. The van der Waals surface area contributed by atoms with Crippen LogP contribution in [0, 0.1) is 0 Å². The Balaban J connectivity index is 2.15. The first-order valence-corrected chi connectivity index (χ1v) is 7.10. The first-order valence-electron chi connectivity index (χ1n) is 4.98. The molecule has 0 saturated carbocycles. The average Bonchev–Trinajstić information content (AvgIpc) is 2.26. The van der Waals surface area contributed by atoms with Gasteiger partial charge in [0.2, 0.25) is 3.79 Å². The zero-order valence-corrected chi connectivity index (χ0v) is 12.1. The van der Waals surface area contributed by atoms with Gasteiger partial charge in [0.05, 0.1) is 19.3 Å². The first kappa shape index (κ1) is 15.4. The molecule has 1 N–H and O–H groups in total. The van der Waals surface area contributed by atoms with Crippen molar-refractivity contribution in [2.75, 3.05) is 19.0 Å². The van der Waals surface area contributed by atoms with Crippen molar-refractivity contribution in [2.24, 2.45) is 0 Å². The summed E-state index contributed by atoms with van der Waals surface area (Å²) in [6.07, 6.45) is -0.576. The van der Waals surface area contributed by atoms with E-state index in [1.165, 1.54) is 0 Å². The van der Waals surface area contributed by atoms with Crippen molar-refractivity contribution in [3.63, 3.8) is 0 Å². The van der Waals surface area contributed by atoms with Crippen LogP contribution in [-0.2, 0) is 4.74 Å². The summed E-state index contributed by atoms with van der Waals surface area (Å²) in [6, 6.07) is 9.83. The van der Waals surface area contributed by atoms with Crippen LogP contribution in [0.15, 0.2) is 35.2 Å². The van der Waals surface area contributed by atoms with Crippen molar-refractivity contribution in [1.82, 2.24) is 0 Å². The molecule has 0 spiro atoms. The van der Waals surface area contributed by atoms with Crippen LogP contribution >= 0.6 is 46.6 Å². The summed E-state index contributed by atoms with van der Waals surface area (Å²) in [5.41, 5.74) is 0. The van der Waals surface area contributed by atoms with Gasteiger partial charge in [-0.2, -0.15) is 0 Å². The van der Waals surface area contributed by atoms with Gasteiger partial charge < -0.3 is 9.84 Å². The van der Waals surface area contributed by atoms with E-state index in [0.29, 0.717) is 5.75 Å². The van der Waals surface area contributed by atoms with Gasteiger partial charge in [-0.1, -0.05) is 53.0 Å². The highest BCUT2D eigenvalue weighted by molar-refractivity contribution is 7.99. The van der Waals surface area contributed by atoms with Crippen LogP contribution in [0.1, 0.15) is 0 Å². The highest BCUT2D eigenvalue weighted by Crippen LogP contribution is 2.26. The number of ether oxygens (including phenoxy) is 1. The van der Waals surface area contributed by atoms with Gasteiger partial charge >= 0.3 is 0 Å². The standard InChI is InChI=1S/C11H13Cl3O2S/c12-11(13,14)8-16-6-9(15)7-17-10-4-2-1-3-5-10/h1-5,9,15H,6-8H2. The summed E-state index contributed by atoms with van der Waals surface area (Å²) in [5.74, 6) is 0.546. The van der Waals surface area contributed by atoms with Crippen LogP contribution in [0.4, 0.5) is 0 Å². The van der Waals surface area contributed by atoms with Crippen LogP contribution in [0.3, 0.4) is 0 Å². The Morgan fingerprint density at radius 2 is 1.88 bits per heavy atom. The molecule has 2 nitrogen and oxygen atoms in total. The van der Waals surface area contributed by atoms with Gasteiger partial charge in [0, 0.05) is 10.6 Å². The Kier molecular flexibility index (Phi) is 7.00. The number of hydrogen-bond donors (Lipinski definition) is 1. The van der Waals surface area contributed by atoms with Crippen molar-refractivity contribution in [1.29, 1.82) is 0 Å². The van der Waals surface area contributed by atoms with Crippen LogP contribution < -0.4 is 0 Å². The van der Waals surface area contributed by atoms with Gasteiger partial charge in [0.15, 0.2) is 0 Å². The SMILES string of the molecule is OC(COCC(Cl)(Cl)Cl)CSc1ccccc1. The predicted octanol–water partition coefficient (Wildman–Crippen LogP) is 3.53. The molecule has 0 fully saturated rings.